The fraction of sp³-hybridized carbons (Fsp3) is 0.476. The molecule has 1 fully saturated rings. The fourth-order valence-electron chi connectivity index (χ4n) is 3.49. The van der Waals surface area contributed by atoms with Crippen molar-refractivity contribution in [3.63, 3.8) is 0 Å². The number of methoxy groups -OCH3 is 1. The molecule has 1 aromatic heterocycles. The minimum Gasteiger partial charge on any atom is -0.495 e. The summed E-state index contributed by atoms with van der Waals surface area (Å²) in [5.41, 5.74) is 2.57. The van der Waals surface area contributed by atoms with Crippen LogP contribution in [0.5, 0.6) is 5.75 Å². The minimum absolute atomic E-state index is 0.474. The molecule has 6 heteroatoms. The van der Waals surface area contributed by atoms with Gasteiger partial charge < -0.3 is 20.3 Å². The van der Waals surface area contributed by atoms with Crippen LogP contribution in [0.15, 0.2) is 46.1 Å². The summed E-state index contributed by atoms with van der Waals surface area (Å²) in [6.07, 6.45) is 1.17. The van der Waals surface area contributed by atoms with Gasteiger partial charge in [-0.15, -0.1) is 0 Å². The number of hydrogen-bond acceptors (Lipinski definition) is 4. The van der Waals surface area contributed by atoms with Crippen LogP contribution in [0.3, 0.4) is 0 Å². The first-order valence-electron chi connectivity index (χ1n) is 9.55. The van der Waals surface area contributed by atoms with Crippen LogP contribution in [0.1, 0.15) is 24.8 Å². The van der Waals surface area contributed by atoms with Crippen molar-refractivity contribution >= 4 is 23.0 Å². The zero-order valence-electron chi connectivity index (χ0n) is 16.4. The summed E-state index contributed by atoms with van der Waals surface area (Å²) in [5.74, 6) is 2.91. The van der Waals surface area contributed by atoms with Gasteiger partial charge in [0.2, 0.25) is 0 Å². The molecule has 0 saturated carbocycles. The Morgan fingerprint density at radius 3 is 2.93 bits per heavy atom. The maximum Gasteiger partial charge on any atom is 0.191 e. The fourth-order valence-corrected chi connectivity index (χ4v) is 4.28. The molecule has 2 N–H and O–H groups in total. The summed E-state index contributed by atoms with van der Waals surface area (Å²) < 4.78 is 5.51. The molecule has 0 amide bonds. The van der Waals surface area contributed by atoms with E-state index < -0.39 is 0 Å². The number of thiophene rings is 1. The third-order valence-corrected chi connectivity index (χ3v) is 5.88. The SMILES string of the molecule is CN=C(NCC1CCN(c2ccccc2OC)C1)NCC(C)c1ccsc1. The van der Waals surface area contributed by atoms with Crippen molar-refractivity contribution < 1.29 is 4.74 Å². The number of para-hydroxylation sites is 2. The molecule has 1 saturated heterocycles. The van der Waals surface area contributed by atoms with Crippen molar-refractivity contribution in [2.45, 2.75) is 19.3 Å². The number of benzene rings is 1. The smallest absolute Gasteiger partial charge is 0.191 e. The minimum atomic E-state index is 0.474. The monoisotopic (exact) mass is 386 g/mol. The van der Waals surface area contributed by atoms with Gasteiger partial charge in [0.05, 0.1) is 12.8 Å². The normalized spacial score (nSPS) is 18.4. The zero-order valence-corrected chi connectivity index (χ0v) is 17.3. The predicted molar refractivity (Wildman–Crippen MR) is 115 cm³/mol. The molecule has 0 radical (unpaired) electrons. The molecule has 2 atom stereocenters. The van der Waals surface area contributed by atoms with Crippen LogP contribution >= 0.6 is 11.3 Å². The molecule has 2 unspecified atom stereocenters. The molecule has 2 aromatic rings. The summed E-state index contributed by atoms with van der Waals surface area (Å²) in [6, 6.07) is 10.5. The first-order chi connectivity index (χ1) is 13.2. The van der Waals surface area contributed by atoms with Crippen molar-refractivity contribution in [2.24, 2.45) is 10.9 Å². The zero-order chi connectivity index (χ0) is 19.1. The van der Waals surface area contributed by atoms with E-state index in [4.69, 9.17) is 4.74 Å². The average molecular weight is 387 g/mol. The molecule has 5 nitrogen and oxygen atoms in total. The first-order valence-corrected chi connectivity index (χ1v) is 10.5. The third kappa shape index (κ3) is 5.16. The second-order valence-corrected chi connectivity index (χ2v) is 7.84. The van der Waals surface area contributed by atoms with Gasteiger partial charge in [-0.2, -0.15) is 11.3 Å². The number of ether oxygens (including phenoxy) is 1. The summed E-state index contributed by atoms with van der Waals surface area (Å²) >= 11 is 1.75. The van der Waals surface area contributed by atoms with Crippen LogP contribution < -0.4 is 20.3 Å². The summed E-state index contributed by atoms with van der Waals surface area (Å²) in [7, 11) is 3.57. The van der Waals surface area contributed by atoms with Gasteiger partial charge in [-0.25, -0.2) is 0 Å². The maximum absolute atomic E-state index is 5.51. The molecule has 3 rings (SSSR count). The van der Waals surface area contributed by atoms with E-state index in [1.54, 1.807) is 18.4 Å². The van der Waals surface area contributed by atoms with Gasteiger partial charge in [0.15, 0.2) is 5.96 Å². The van der Waals surface area contributed by atoms with Gasteiger partial charge in [0.1, 0.15) is 5.75 Å². The largest absolute Gasteiger partial charge is 0.495 e. The molecular weight excluding hydrogens is 356 g/mol. The Morgan fingerprint density at radius 2 is 2.19 bits per heavy atom. The number of rotatable bonds is 7. The summed E-state index contributed by atoms with van der Waals surface area (Å²) in [6.45, 7) is 6.15. The second kappa shape index (κ2) is 9.65. The number of anilines is 1. The van der Waals surface area contributed by atoms with E-state index in [0.29, 0.717) is 11.8 Å². The van der Waals surface area contributed by atoms with Crippen LogP contribution in [0.4, 0.5) is 5.69 Å². The predicted octanol–water partition coefficient (Wildman–Crippen LogP) is 3.55. The van der Waals surface area contributed by atoms with Crippen LogP contribution in [0.2, 0.25) is 0 Å². The Morgan fingerprint density at radius 1 is 1.33 bits per heavy atom. The van der Waals surface area contributed by atoms with Crippen LogP contribution in [-0.4, -0.2) is 46.3 Å². The third-order valence-electron chi connectivity index (χ3n) is 5.18. The van der Waals surface area contributed by atoms with E-state index in [1.165, 1.54) is 17.7 Å². The molecule has 0 spiro atoms. The van der Waals surface area contributed by atoms with E-state index >= 15 is 0 Å². The molecule has 1 aromatic carbocycles. The van der Waals surface area contributed by atoms with Crippen molar-refractivity contribution in [1.29, 1.82) is 0 Å². The molecule has 1 aliphatic rings. The Bertz CT molecular complexity index is 732. The Balaban J connectivity index is 1.45. The van der Waals surface area contributed by atoms with Gasteiger partial charge in [0, 0.05) is 33.2 Å². The van der Waals surface area contributed by atoms with Gasteiger partial charge in [-0.3, -0.25) is 4.99 Å². The molecule has 2 heterocycles. The van der Waals surface area contributed by atoms with E-state index in [1.807, 2.05) is 19.2 Å². The standard InChI is InChI=1S/C21H30N4OS/c1-16(18-9-11-27-15-18)12-23-21(22-2)24-13-17-8-10-25(14-17)19-6-4-5-7-20(19)26-3/h4-7,9,11,15-17H,8,10,12-14H2,1-3H3,(H2,22,23,24). The highest BCUT2D eigenvalue weighted by Gasteiger charge is 2.24. The topological polar surface area (TPSA) is 48.9 Å². The number of hydrogen-bond donors (Lipinski definition) is 2. The van der Waals surface area contributed by atoms with Gasteiger partial charge in [-0.05, 0) is 52.8 Å². The van der Waals surface area contributed by atoms with E-state index in [9.17, 15) is 0 Å². The van der Waals surface area contributed by atoms with Gasteiger partial charge >= 0.3 is 0 Å². The second-order valence-electron chi connectivity index (χ2n) is 7.06. The van der Waals surface area contributed by atoms with Crippen LogP contribution in [0.25, 0.3) is 0 Å². The highest BCUT2D eigenvalue weighted by atomic mass is 32.1. The Kier molecular flexibility index (Phi) is 6.98. The van der Waals surface area contributed by atoms with Crippen molar-refractivity contribution in [1.82, 2.24) is 10.6 Å². The lowest BCUT2D eigenvalue weighted by atomic mass is 10.1. The van der Waals surface area contributed by atoms with Crippen LogP contribution in [-0.2, 0) is 0 Å². The van der Waals surface area contributed by atoms with E-state index in [2.05, 4.69) is 56.4 Å². The Labute approximate surface area is 166 Å². The number of aliphatic imine (C=N–C) groups is 1. The van der Waals surface area contributed by atoms with Gasteiger partial charge in [-0.1, -0.05) is 19.1 Å². The van der Waals surface area contributed by atoms with E-state index in [-0.39, 0.29) is 0 Å². The molecular formula is C21H30N4OS. The average Bonchev–Trinajstić information content (AvgIpc) is 3.40. The highest BCUT2D eigenvalue weighted by molar-refractivity contribution is 7.07. The van der Waals surface area contributed by atoms with Crippen molar-refractivity contribution in [2.75, 3.05) is 45.2 Å². The lowest BCUT2D eigenvalue weighted by Crippen LogP contribution is -2.41. The van der Waals surface area contributed by atoms with Crippen LogP contribution in [0, 0.1) is 5.92 Å². The van der Waals surface area contributed by atoms with Gasteiger partial charge in [0.25, 0.3) is 0 Å². The molecule has 27 heavy (non-hydrogen) atoms. The first kappa shape index (κ1) is 19.5. The Hall–Kier alpha value is -2.21. The molecule has 1 aliphatic heterocycles. The summed E-state index contributed by atoms with van der Waals surface area (Å²) in [5, 5.41) is 11.3. The number of guanidine groups is 1. The number of nitrogens with one attached hydrogen (secondary N) is 2. The quantitative estimate of drug-likeness (QED) is 0.564. The molecule has 146 valence electrons. The van der Waals surface area contributed by atoms with Crippen molar-refractivity contribution in [3.8, 4) is 5.75 Å². The molecule has 0 bridgehead atoms. The van der Waals surface area contributed by atoms with Crippen molar-refractivity contribution in [3.05, 3.63) is 46.7 Å². The number of nitrogens with zero attached hydrogens (tertiary/aromatic N) is 2. The summed E-state index contributed by atoms with van der Waals surface area (Å²) in [4.78, 5) is 6.79. The highest BCUT2D eigenvalue weighted by Crippen LogP contribution is 2.31. The lowest BCUT2D eigenvalue weighted by molar-refractivity contribution is 0.414. The van der Waals surface area contributed by atoms with E-state index in [0.717, 1.165) is 37.9 Å². The lowest BCUT2D eigenvalue weighted by Gasteiger charge is -2.21. The molecule has 0 aliphatic carbocycles. The maximum atomic E-state index is 5.51.